The number of amides is 2. The van der Waals surface area contributed by atoms with E-state index >= 15 is 0 Å². The van der Waals surface area contributed by atoms with Crippen molar-refractivity contribution in [2.45, 2.75) is 38.6 Å². The molecule has 2 aliphatic heterocycles. The fourth-order valence-corrected chi connectivity index (χ4v) is 2.62. The maximum Gasteiger partial charge on any atom is 0.320 e. The predicted octanol–water partition coefficient (Wildman–Crippen LogP) is 1.26. The van der Waals surface area contributed by atoms with Gasteiger partial charge in [-0.05, 0) is 31.6 Å². The number of hydrogen-bond acceptors (Lipinski definition) is 2. The van der Waals surface area contributed by atoms with E-state index in [0.29, 0.717) is 5.92 Å². The summed E-state index contributed by atoms with van der Waals surface area (Å²) in [6.45, 7) is 5.68. The third-order valence-electron chi connectivity index (χ3n) is 3.87. The zero-order valence-electron chi connectivity index (χ0n) is 10.2. The first-order chi connectivity index (χ1) is 7.68. The Labute approximate surface area is 97.8 Å². The summed E-state index contributed by atoms with van der Waals surface area (Å²) in [5.41, 5.74) is 5.97. The number of carbonyl (C=O) groups is 1. The van der Waals surface area contributed by atoms with Crippen LogP contribution < -0.4 is 5.73 Å². The molecule has 92 valence electrons. The van der Waals surface area contributed by atoms with Crippen LogP contribution in [-0.2, 0) is 0 Å². The van der Waals surface area contributed by atoms with Crippen molar-refractivity contribution in [1.82, 2.24) is 9.80 Å². The quantitative estimate of drug-likeness (QED) is 0.675. The number of urea groups is 1. The van der Waals surface area contributed by atoms with Gasteiger partial charge >= 0.3 is 6.03 Å². The largest absolute Gasteiger partial charge is 0.327 e. The first-order valence-corrected chi connectivity index (χ1v) is 6.48. The molecule has 16 heavy (non-hydrogen) atoms. The molecule has 4 nitrogen and oxygen atoms in total. The normalized spacial score (nSPS) is 31.6. The minimum atomic E-state index is 0.235. The van der Waals surface area contributed by atoms with Gasteiger partial charge in [-0.1, -0.05) is 6.92 Å². The maximum absolute atomic E-state index is 12.2. The third-order valence-corrected chi connectivity index (χ3v) is 3.87. The van der Waals surface area contributed by atoms with Crippen LogP contribution in [0, 0.1) is 5.92 Å². The van der Waals surface area contributed by atoms with Crippen molar-refractivity contribution in [2.24, 2.45) is 11.7 Å². The molecule has 2 saturated heterocycles. The molecule has 2 aliphatic rings. The molecule has 0 saturated carbocycles. The van der Waals surface area contributed by atoms with Crippen molar-refractivity contribution >= 4 is 6.03 Å². The topological polar surface area (TPSA) is 49.6 Å². The van der Waals surface area contributed by atoms with Gasteiger partial charge in [-0.25, -0.2) is 4.79 Å². The Morgan fingerprint density at radius 1 is 1.12 bits per heavy atom. The molecule has 2 amide bonds. The van der Waals surface area contributed by atoms with E-state index in [2.05, 4.69) is 6.92 Å². The summed E-state index contributed by atoms with van der Waals surface area (Å²) < 4.78 is 0. The molecule has 0 aliphatic carbocycles. The van der Waals surface area contributed by atoms with Crippen molar-refractivity contribution in [3.05, 3.63) is 0 Å². The third kappa shape index (κ3) is 2.48. The molecule has 4 heteroatoms. The fourth-order valence-electron chi connectivity index (χ4n) is 2.62. The smallest absolute Gasteiger partial charge is 0.320 e. The van der Waals surface area contributed by atoms with Gasteiger partial charge < -0.3 is 15.5 Å². The molecule has 2 atom stereocenters. The van der Waals surface area contributed by atoms with Crippen molar-refractivity contribution < 1.29 is 4.79 Å². The number of carbonyl (C=O) groups excluding carboxylic acids is 1. The maximum atomic E-state index is 12.2. The molecule has 0 aromatic heterocycles. The lowest BCUT2D eigenvalue weighted by molar-refractivity contribution is 0.118. The van der Waals surface area contributed by atoms with E-state index in [9.17, 15) is 4.79 Å². The summed E-state index contributed by atoms with van der Waals surface area (Å²) in [5, 5.41) is 0. The van der Waals surface area contributed by atoms with Crippen LogP contribution in [-0.4, -0.2) is 48.1 Å². The van der Waals surface area contributed by atoms with Gasteiger partial charge in [-0.15, -0.1) is 0 Å². The van der Waals surface area contributed by atoms with Crippen LogP contribution in [0.25, 0.3) is 0 Å². The highest BCUT2D eigenvalue weighted by Crippen LogP contribution is 2.18. The summed E-state index contributed by atoms with van der Waals surface area (Å²) in [6, 6.07) is 0.504. The lowest BCUT2D eigenvalue weighted by Crippen LogP contribution is -2.53. The number of piperidine rings is 2. The predicted molar refractivity (Wildman–Crippen MR) is 64.1 cm³/mol. The van der Waals surface area contributed by atoms with Gasteiger partial charge in [0.05, 0.1) is 0 Å². The Kier molecular flexibility index (Phi) is 3.69. The molecule has 0 aromatic rings. The summed E-state index contributed by atoms with van der Waals surface area (Å²) >= 11 is 0. The zero-order chi connectivity index (χ0) is 11.5. The first kappa shape index (κ1) is 11.7. The number of nitrogens with zero attached hydrogens (tertiary/aromatic N) is 2. The van der Waals surface area contributed by atoms with Crippen molar-refractivity contribution in [3.63, 3.8) is 0 Å². The Morgan fingerprint density at radius 3 is 2.44 bits per heavy atom. The second kappa shape index (κ2) is 5.04. The molecule has 0 spiro atoms. The Hall–Kier alpha value is -0.770. The summed E-state index contributed by atoms with van der Waals surface area (Å²) in [7, 11) is 0. The summed E-state index contributed by atoms with van der Waals surface area (Å²) in [5.74, 6) is 0.433. The van der Waals surface area contributed by atoms with Crippen molar-refractivity contribution in [3.8, 4) is 0 Å². The van der Waals surface area contributed by atoms with Gasteiger partial charge in [0.2, 0.25) is 0 Å². The standard InChI is InChI=1S/C12H23N3O/c1-10-9-15(8-5-11(10)13)12(16)14-6-3-2-4-7-14/h10-11H,2-9,13H2,1H3. The average molecular weight is 225 g/mol. The van der Waals surface area contributed by atoms with Crippen molar-refractivity contribution in [1.29, 1.82) is 0 Å². The van der Waals surface area contributed by atoms with E-state index in [1.807, 2.05) is 9.80 Å². The van der Waals surface area contributed by atoms with Crippen LogP contribution in [0.4, 0.5) is 4.79 Å². The number of nitrogens with two attached hydrogens (primary N) is 1. The molecule has 0 aromatic carbocycles. The molecule has 2 N–H and O–H groups in total. The molecular formula is C12H23N3O. The highest BCUT2D eigenvalue weighted by molar-refractivity contribution is 5.74. The molecule has 0 bridgehead atoms. The lowest BCUT2D eigenvalue weighted by Gasteiger charge is -2.39. The highest BCUT2D eigenvalue weighted by atomic mass is 16.2. The monoisotopic (exact) mass is 225 g/mol. The van der Waals surface area contributed by atoms with Crippen LogP contribution >= 0.6 is 0 Å². The summed E-state index contributed by atoms with van der Waals surface area (Å²) in [4.78, 5) is 16.2. The van der Waals surface area contributed by atoms with Gasteiger partial charge in [0, 0.05) is 32.2 Å². The van der Waals surface area contributed by atoms with Gasteiger partial charge in [0.15, 0.2) is 0 Å². The number of likely N-dealkylation sites (tertiary alicyclic amines) is 2. The van der Waals surface area contributed by atoms with Gasteiger partial charge in [0.25, 0.3) is 0 Å². The lowest BCUT2D eigenvalue weighted by atomic mass is 9.95. The number of rotatable bonds is 0. The van der Waals surface area contributed by atoms with E-state index in [-0.39, 0.29) is 12.1 Å². The van der Waals surface area contributed by atoms with Crippen LogP contribution in [0.1, 0.15) is 32.6 Å². The molecule has 0 radical (unpaired) electrons. The Balaban J connectivity index is 1.89. The molecule has 2 heterocycles. The number of hydrogen-bond donors (Lipinski definition) is 1. The zero-order valence-corrected chi connectivity index (χ0v) is 10.2. The second-order valence-electron chi connectivity index (χ2n) is 5.21. The second-order valence-corrected chi connectivity index (χ2v) is 5.21. The average Bonchev–Trinajstić information content (AvgIpc) is 2.33. The minimum Gasteiger partial charge on any atom is -0.327 e. The van der Waals surface area contributed by atoms with Crippen LogP contribution in [0.3, 0.4) is 0 Å². The van der Waals surface area contributed by atoms with Crippen LogP contribution in [0.2, 0.25) is 0 Å². The molecule has 2 fully saturated rings. The van der Waals surface area contributed by atoms with Crippen LogP contribution in [0.5, 0.6) is 0 Å². The molecule has 2 rings (SSSR count). The SMILES string of the molecule is CC1CN(C(=O)N2CCCCC2)CCC1N. The Morgan fingerprint density at radius 2 is 1.81 bits per heavy atom. The molecule has 2 unspecified atom stereocenters. The van der Waals surface area contributed by atoms with Gasteiger partial charge in [-0.2, -0.15) is 0 Å². The first-order valence-electron chi connectivity index (χ1n) is 6.48. The highest BCUT2D eigenvalue weighted by Gasteiger charge is 2.29. The molecular weight excluding hydrogens is 202 g/mol. The van der Waals surface area contributed by atoms with E-state index in [1.54, 1.807) is 0 Å². The van der Waals surface area contributed by atoms with Gasteiger partial charge in [-0.3, -0.25) is 0 Å². The van der Waals surface area contributed by atoms with E-state index in [4.69, 9.17) is 5.73 Å². The van der Waals surface area contributed by atoms with Crippen LogP contribution in [0.15, 0.2) is 0 Å². The fraction of sp³-hybridized carbons (Fsp3) is 0.917. The van der Waals surface area contributed by atoms with E-state index in [1.165, 1.54) is 6.42 Å². The van der Waals surface area contributed by atoms with E-state index in [0.717, 1.165) is 45.4 Å². The Bertz CT molecular complexity index is 251. The van der Waals surface area contributed by atoms with Gasteiger partial charge in [0.1, 0.15) is 0 Å². The van der Waals surface area contributed by atoms with E-state index < -0.39 is 0 Å². The minimum absolute atomic E-state index is 0.235. The van der Waals surface area contributed by atoms with Crippen molar-refractivity contribution in [2.75, 3.05) is 26.2 Å². The summed E-state index contributed by atoms with van der Waals surface area (Å²) in [6.07, 6.45) is 4.54.